The summed E-state index contributed by atoms with van der Waals surface area (Å²) in [7, 11) is 0. The molecule has 118 valence electrons. The molecule has 8 heteroatoms. The van der Waals surface area contributed by atoms with Crippen LogP contribution in [0.5, 0.6) is 0 Å². The average Bonchev–Trinajstić information content (AvgIpc) is 2.41. The van der Waals surface area contributed by atoms with Gasteiger partial charge in [-0.15, -0.1) is 0 Å². The highest BCUT2D eigenvalue weighted by molar-refractivity contribution is 5.59. The monoisotopic (exact) mass is 294 g/mol. The maximum Gasteiger partial charge on any atom is 0.508 e. The summed E-state index contributed by atoms with van der Waals surface area (Å²) in [5, 5.41) is 0. The van der Waals surface area contributed by atoms with E-state index in [9.17, 15) is 9.59 Å². The standard InChI is InChI=1S/C12H22O8/c1-3-17-11(13)19-9-7-15-5-6-16-8-10-20-12(14)18-4-2/h3-10H2,1-2H3. The van der Waals surface area contributed by atoms with E-state index in [-0.39, 0.29) is 39.6 Å². The Morgan fingerprint density at radius 2 is 0.950 bits per heavy atom. The van der Waals surface area contributed by atoms with Crippen molar-refractivity contribution in [2.75, 3.05) is 52.9 Å². The maximum atomic E-state index is 10.8. The van der Waals surface area contributed by atoms with Crippen LogP contribution in [-0.4, -0.2) is 65.2 Å². The Balaban J connectivity index is 3.13. The maximum absolute atomic E-state index is 10.8. The molecule has 0 aromatic rings. The predicted molar refractivity (Wildman–Crippen MR) is 67.6 cm³/mol. The van der Waals surface area contributed by atoms with Crippen molar-refractivity contribution >= 4 is 12.3 Å². The Bertz CT molecular complexity index is 230. The van der Waals surface area contributed by atoms with Gasteiger partial charge in [0.15, 0.2) is 0 Å². The van der Waals surface area contributed by atoms with Crippen LogP contribution in [0.15, 0.2) is 0 Å². The first kappa shape index (κ1) is 18.5. The van der Waals surface area contributed by atoms with Crippen molar-refractivity contribution < 1.29 is 38.0 Å². The number of hydrogen-bond donors (Lipinski definition) is 0. The summed E-state index contributed by atoms with van der Waals surface area (Å²) in [5.41, 5.74) is 0. The first-order valence-corrected chi connectivity index (χ1v) is 6.45. The second kappa shape index (κ2) is 13.9. The van der Waals surface area contributed by atoms with Gasteiger partial charge in [0.2, 0.25) is 0 Å². The number of ether oxygens (including phenoxy) is 6. The summed E-state index contributed by atoms with van der Waals surface area (Å²) in [6, 6.07) is 0. The molecule has 0 radical (unpaired) electrons. The highest BCUT2D eigenvalue weighted by Gasteiger charge is 2.02. The van der Waals surface area contributed by atoms with Gasteiger partial charge in [0.1, 0.15) is 13.2 Å². The molecule has 0 aliphatic heterocycles. The van der Waals surface area contributed by atoms with E-state index < -0.39 is 12.3 Å². The molecule has 20 heavy (non-hydrogen) atoms. The fourth-order valence-corrected chi connectivity index (χ4v) is 1.01. The second-order valence-corrected chi connectivity index (χ2v) is 3.29. The fraction of sp³-hybridized carbons (Fsp3) is 0.833. The molecule has 0 aliphatic rings. The number of carbonyl (C=O) groups is 2. The van der Waals surface area contributed by atoms with Crippen LogP contribution in [0.25, 0.3) is 0 Å². The second-order valence-electron chi connectivity index (χ2n) is 3.29. The molecule has 0 aromatic carbocycles. The lowest BCUT2D eigenvalue weighted by molar-refractivity contribution is -0.00346. The molecule has 0 fully saturated rings. The molecule has 0 aromatic heterocycles. The van der Waals surface area contributed by atoms with Crippen LogP contribution in [-0.2, 0) is 28.4 Å². The molecule has 0 N–H and O–H groups in total. The molecule has 0 saturated carbocycles. The van der Waals surface area contributed by atoms with Gasteiger partial charge >= 0.3 is 12.3 Å². The zero-order valence-electron chi connectivity index (χ0n) is 11.9. The SMILES string of the molecule is CCOC(=O)OCCOCCOCCOC(=O)OCC. The van der Waals surface area contributed by atoms with Gasteiger partial charge in [-0.1, -0.05) is 0 Å². The Labute approximate surface area is 118 Å². The average molecular weight is 294 g/mol. The first-order chi connectivity index (χ1) is 9.70. The quantitative estimate of drug-likeness (QED) is 0.417. The van der Waals surface area contributed by atoms with Crippen molar-refractivity contribution in [3.05, 3.63) is 0 Å². The molecule has 0 unspecified atom stereocenters. The fourth-order valence-electron chi connectivity index (χ4n) is 1.01. The zero-order valence-corrected chi connectivity index (χ0v) is 11.9. The lowest BCUT2D eigenvalue weighted by Crippen LogP contribution is -2.15. The summed E-state index contributed by atoms with van der Waals surface area (Å²) < 4.78 is 28.7. The van der Waals surface area contributed by atoms with Crippen LogP contribution < -0.4 is 0 Å². The molecule has 0 amide bonds. The van der Waals surface area contributed by atoms with Crippen LogP contribution in [0.1, 0.15) is 13.8 Å². The van der Waals surface area contributed by atoms with Gasteiger partial charge in [0, 0.05) is 0 Å². The largest absolute Gasteiger partial charge is 0.508 e. The summed E-state index contributed by atoms with van der Waals surface area (Å²) >= 11 is 0. The van der Waals surface area contributed by atoms with Crippen LogP contribution in [0.4, 0.5) is 9.59 Å². The van der Waals surface area contributed by atoms with Crippen molar-refractivity contribution in [2.45, 2.75) is 13.8 Å². The summed E-state index contributed by atoms with van der Waals surface area (Å²) in [6.07, 6.45) is -1.41. The Hall–Kier alpha value is -1.54. The third-order valence-electron chi connectivity index (χ3n) is 1.79. The highest BCUT2D eigenvalue weighted by atomic mass is 16.7. The zero-order chi connectivity index (χ0) is 15.1. The van der Waals surface area contributed by atoms with Crippen molar-refractivity contribution in [2.24, 2.45) is 0 Å². The molecule has 0 heterocycles. The van der Waals surface area contributed by atoms with E-state index in [1.807, 2.05) is 0 Å². The van der Waals surface area contributed by atoms with Crippen molar-refractivity contribution in [3.8, 4) is 0 Å². The van der Waals surface area contributed by atoms with Crippen molar-refractivity contribution in [1.29, 1.82) is 0 Å². The highest BCUT2D eigenvalue weighted by Crippen LogP contribution is 1.87. The van der Waals surface area contributed by atoms with Gasteiger partial charge in [0.05, 0.1) is 39.6 Å². The first-order valence-electron chi connectivity index (χ1n) is 6.45. The van der Waals surface area contributed by atoms with E-state index in [0.717, 1.165) is 0 Å². The lowest BCUT2D eigenvalue weighted by atomic mass is 10.7. The minimum absolute atomic E-state index is 0.130. The van der Waals surface area contributed by atoms with Crippen LogP contribution >= 0.6 is 0 Å². The van der Waals surface area contributed by atoms with E-state index in [1.165, 1.54) is 0 Å². The van der Waals surface area contributed by atoms with Gasteiger partial charge in [-0.3, -0.25) is 0 Å². The normalized spacial score (nSPS) is 9.90. The third-order valence-corrected chi connectivity index (χ3v) is 1.79. The molecule has 0 bridgehead atoms. The molecule has 0 spiro atoms. The van der Waals surface area contributed by atoms with Crippen LogP contribution in [0.3, 0.4) is 0 Å². The molecule has 8 nitrogen and oxygen atoms in total. The van der Waals surface area contributed by atoms with E-state index in [0.29, 0.717) is 13.2 Å². The number of rotatable bonds is 11. The molecule has 0 rings (SSSR count). The van der Waals surface area contributed by atoms with E-state index in [2.05, 4.69) is 18.9 Å². The Morgan fingerprint density at radius 1 is 0.600 bits per heavy atom. The summed E-state index contributed by atoms with van der Waals surface area (Å²) in [5.74, 6) is 0. The predicted octanol–water partition coefficient (Wildman–Crippen LogP) is 1.37. The van der Waals surface area contributed by atoms with E-state index in [4.69, 9.17) is 9.47 Å². The van der Waals surface area contributed by atoms with E-state index in [1.54, 1.807) is 13.8 Å². The summed E-state index contributed by atoms with van der Waals surface area (Å²) in [6.45, 7) is 5.44. The minimum atomic E-state index is -0.705. The number of carbonyl (C=O) groups excluding carboxylic acids is 2. The topological polar surface area (TPSA) is 89.5 Å². The molecule has 0 saturated heterocycles. The van der Waals surface area contributed by atoms with Crippen molar-refractivity contribution in [3.63, 3.8) is 0 Å². The lowest BCUT2D eigenvalue weighted by Gasteiger charge is -2.07. The number of hydrogen-bond acceptors (Lipinski definition) is 8. The minimum Gasteiger partial charge on any atom is -0.435 e. The van der Waals surface area contributed by atoms with Gasteiger partial charge in [-0.2, -0.15) is 0 Å². The molecule has 0 atom stereocenters. The van der Waals surface area contributed by atoms with Gasteiger partial charge in [0.25, 0.3) is 0 Å². The molecule has 0 aliphatic carbocycles. The smallest absolute Gasteiger partial charge is 0.435 e. The third kappa shape index (κ3) is 12.9. The van der Waals surface area contributed by atoms with Gasteiger partial charge in [-0.05, 0) is 13.8 Å². The van der Waals surface area contributed by atoms with E-state index >= 15 is 0 Å². The molecular weight excluding hydrogens is 272 g/mol. The Kier molecular flexibility index (Phi) is 12.8. The van der Waals surface area contributed by atoms with Crippen molar-refractivity contribution in [1.82, 2.24) is 0 Å². The van der Waals surface area contributed by atoms with Crippen LogP contribution in [0, 0.1) is 0 Å². The summed E-state index contributed by atoms with van der Waals surface area (Å²) in [4.78, 5) is 21.6. The molecular formula is C12H22O8. The Morgan fingerprint density at radius 3 is 1.30 bits per heavy atom. The van der Waals surface area contributed by atoms with Gasteiger partial charge < -0.3 is 28.4 Å². The van der Waals surface area contributed by atoms with Gasteiger partial charge in [-0.25, -0.2) is 9.59 Å². The van der Waals surface area contributed by atoms with Crippen LogP contribution in [0.2, 0.25) is 0 Å².